The maximum absolute atomic E-state index is 11.4. The average Bonchev–Trinajstić information content (AvgIpc) is 2.78. The topological polar surface area (TPSA) is 67.6 Å². The molecule has 1 unspecified atom stereocenters. The first-order chi connectivity index (χ1) is 6.79. The molecule has 2 rings (SSSR count). The predicted molar refractivity (Wildman–Crippen MR) is 51.9 cm³/mol. The third-order valence-corrected chi connectivity index (χ3v) is 2.85. The van der Waals surface area contributed by atoms with E-state index in [2.05, 4.69) is 5.32 Å². The molecular formula is C9H17N3O2. The quantitative estimate of drug-likeness (QED) is 0.635. The summed E-state index contributed by atoms with van der Waals surface area (Å²) in [4.78, 5) is 13.1. The van der Waals surface area contributed by atoms with Gasteiger partial charge in [-0.15, -0.1) is 0 Å². The highest BCUT2D eigenvalue weighted by Crippen LogP contribution is 2.15. The first kappa shape index (κ1) is 9.73. The number of amides is 1. The molecule has 0 bridgehead atoms. The zero-order valence-corrected chi connectivity index (χ0v) is 8.24. The summed E-state index contributed by atoms with van der Waals surface area (Å²) < 4.78 is 5.07. The number of cyclic esters (lactones) is 1. The van der Waals surface area contributed by atoms with E-state index in [-0.39, 0.29) is 12.2 Å². The third kappa shape index (κ3) is 1.99. The predicted octanol–water partition coefficient (Wildman–Crippen LogP) is -0.625. The van der Waals surface area contributed by atoms with Gasteiger partial charge in [-0.25, -0.2) is 4.79 Å². The van der Waals surface area contributed by atoms with Gasteiger partial charge in [0.05, 0.1) is 6.54 Å². The molecule has 0 aromatic heterocycles. The number of hydrogen-bond donors (Lipinski definition) is 2. The first-order valence-corrected chi connectivity index (χ1v) is 5.16. The molecule has 80 valence electrons. The van der Waals surface area contributed by atoms with Crippen molar-refractivity contribution in [1.82, 2.24) is 10.2 Å². The van der Waals surface area contributed by atoms with Crippen LogP contribution in [-0.4, -0.2) is 49.8 Å². The normalized spacial score (nSPS) is 32.4. The maximum atomic E-state index is 11.4. The van der Waals surface area contributed by atoms with E-state index < -0.39 is 0 Å². The Kier molecular flexibility index (Phi) is 2.88. The van der Waals surface area contributed by atoms with Gasteiger partial charge in [-0.2, -0.15) is 0 Å². The van der Waals surface area contributed by atoms with Crippen LogP contribution >= 0.6 is 0 Å². The van der Waals surface area contributed by atoms with Gasteiger partial charge in [0, 0.05) is 13.1 Å². The Bertz CT molecular complexity index is 216. The fourth-order valence-electron chi connectivity index (χ4n) is 2.03. The number of ether oxygens (including phenoxy) is 1. The molecule has 1 amide bonds. The van der Waals surface area contributed by atoms with Gasteiger partial charge in [0.1, 0.15) is 6.10 Å². The zero-order chi connectivity index (χ0) is 9.97. The molecule has 2 aliphatic heterocycles. The van der Waals surface area contributed by atoms with Crippen LogP contribution < -0.4 is 11.1 Å². The minimum absolute atomic E-state index is 0.100. The van der Waals surface area contributed by atoms with E-state index >= 15 is 0 Å². The van der Waals surface area contributed by atoms with Crippen molar-refractivity contribution in [2.75, 3.05) is 32.7 Å². The molecular weight excluding hydrogens is 182 g/mol. The summed E-state index contributed by atoms with van der Waals surface area (Å²) in [6.45, 7) is 3.96. The first-order valence-electron chi connectivity index (χ1n) is 5.16. The summed E-state index contributed by atoms with van der Waals surface area (Å²) in [5, 5.41) is 3.28. The summed E-state index contributed by atoms with van der Waals surface area (Å²) in [6.07, 6.45) is 0.848. The molecule has 0 aromatic rings. The SMILES string of the molecule is NC[C@H]1CN(CC2CCNC2)C(=O)O1. The van der Waals surface area contributed by atoms with Crippen LogP contribution in [0.3, 0.4) is 0 Å². The molecule has 14 heavy (non-hydrogen) atoms. The Morgan fingerprint density at radius 3 is 3.07 bits per heavy atom. The number of nitrogens with zero attached hydrogens (tertiary/aromatic N) is 1. The second kappa shape index (κ2) is 4.14. The molecule has 5 nitrogen and oxygen atoms in total. The van der Waals surface area contributed by atoms with Gasteiger partial charge in [-0.1, -0.05) is 0 Å². The lowest BCUT2D eigenvalue weighted by atomic mass is 10.1. The minimum Gasteiger partial charge on any atom is -0.443 e. The van der Waals surface area contributed by atoms with Gasteiger partial charge in [0.15, 0.2) is 0 Å². The number of rotatable bonds is 3. The van der Waals surface area contributed by atoms with Crippen molar-refractivity contribution >= 4 is 6.09 Å². The lowest BCUT2D eigenvalue weighted by molar-refractivity contribution is 0.133. The van der Waals surface area contributed by atoms with Crippen LogP contribution in [0.1, 0.15) is 6.42 Å². The van der Waals surface area contributed by atoms with Gasteiger partial charge >= 0.3 is 6.09 Å². The van der Waals surface area contributed by atoms with Crippen molar-refractivity contribution in [3.8, 4) is 0 Å². The lowest BCUT2D eigenvalue weighted by Crippen LogP contribution is -2.32. The van der Waals surface area contributed by atoms with Crippen LogP contribution in [0.5, 0.6) is 0 Å². The Morgan fingerprint density at radius 2 is 2.50 bits per heavy atom. The highest BCUT2D eigenvalue weighted by atomic mass is 16.6. The number of carbonyl (C=O) groups is 1. The van der Waals surface area contributed by atoms with Crippen LogP contribution in [0.2, 0.25) is 0 Å². The largest absolute Gasteiger partial charge is 0.443 e. The van der Waals surface area contributed by atoms with E-state index in [1.165, 1.54) is 0 Å². The van der Waals surface area contributed by atoms with Crippen LogP contribution in [0.25, 0.3) is 0 Å². The van der Waals surface area contributed by atoms with Crippen molar-refractivity contribution in [2.45, 2.75) is 12.5 Å². The van der Waals surface area contributed by atoms with E-state index in [0.29, 0.717) is 19.0 Å². The van der Waals surface area contributed by atoms with Crippen molar-refractivity contribution < 1.29 is 9.53 Å². The van der Waals surface area contributed by atoms with Crippen LogP contribution in [0.15, 0.2) is 0 Å². The molecule has 2 heterocycles. The summed E-state index contributed by atoms with van der Waals surface area (Å²) in [5.74, 6) is 0.582. The van der Waals surface area contributed by atoms with E-state index in [0.717, 1.165) is 26.1 Å². The Morgan fingerprint density at radius 1 is 1.64 bits per heavy atom. The molecule has 2 aliphatic rings. The van der Waals surface area contributed by atoms with Gasteiger partial charge in [0.2, 0.25) is 0 Å². The van der Waals surface area contributed by atoms with Crippen molar-refractivity contribution in [3.63, 3.8) is 0 Å². The second-order valence-corrected chi connectivity index (χ2v) is 4.01. The Balaban J connectivity index is 1.82. The van der Waals surface area contributed by atoms with E-state index in [4.69, 9.17) is 10.5 Å². The Labute approximate surface area is 83.6 Å². The van der Waals surface area contributed by atoms with Gasteiger partial charge in [-0.05, 0) is 25.4 Å². The average molecular weight is 199 g/mol. The van der Waals surface area contributed by atoms with E-state index in [1.54, 1.807) is 4.90 Å². The summed E-state index contributed by atoms with van der Waals surface area (Å²) in [7, 11) is 0. The fourth-order valence-corrected chi connectivity index (χ4v) is 2.03. The lowest BCUT2D eigenvalue weighted by Gasteiger charge is -2.16. The number of carbonyl (C=O) groups excluding carboxylic acids is 1. The van der Waals surface area contributed by atoms with Crippen LogP contribution in [0, 0.1) is 5.92 Å². The Hall–Kier alpha value is -0.810. The molecule has 2 atom stereocenters. The monoisotopic (exact) mass is 199 g/mol. The highest BCUT2D eigenvalue weighted by Gasteiger charge is 2.32. The van der Waals surface area contributed by atoms with E-state index in [9.17, 15) is 4.79 Å². The minimum atomic E-state index is -0.202. The van der Waals surface area contributed by atoms with Crippen LogP contribution in [-0.2, 0) is 4.74 Å². The molecule has 3 N–H and O–H groups in total. The fraction of sp³-hybridized carbons (Fsp3) is 0.889. The maximum Gasteiger partial charge on any atom is 0.410 e. The van der Waals surface area contributed by atoms with Crippen LogP contribution in [0.4, 0.5) is 4.79 Å². The summed E-state index contributed by atoms with van der Waals surface area (Å²) >= 11 is 0. The number of nitrogens with two attached hydrogens (primary N) is 1. The summed E-state index contributed by atoms with van der Waals surface area (Å²) in [5.41, 5.74) is 5.45. The van der Waals surface area contributed by atoms with E-state index in [1.807, 2.05) is 0 Å². The summed E-state index contributed by atoms with van der Waals surface area (Å²) in [6, 6.07) is 0. The van der Waals surface area contributed by atoms with Crippen molar-refractivity contribution in [3.05, 3.63) is 0 Å². The molecule has 0 radical (unpaired) electrons. The molecule has 0 spiro atoms. The number of hydrogen-bond acceptors (Lipinski definition) is 4. The van der Waals surface area contributed by atoms with Gasteiger partial charge in [0.25, 0.3) is 0 Å². The third-order valence-electron chi connectivity index (χ3n) is 2.85. The molecule has 0 saturated carbocycles. The molecule has 5 heteroatoms. The van der Waals surface area contributed by atoms with Gasteiger partial charge < -0.3 is 20.7 Å². The van der Waals surface area contributed by atoms with Crippen molar-refractivity contribution in [2.24, 2.45) is 11.7 Å². The highest BCUT2D eigenvalue weighted by molar-refractivity contribution is 5.69. The molecule has 0 aliphatic carbocycles. The number of nitrogens with one attached hydrogen (secondary N) is 1. The standard InChI is InChI=1S/C9H17N3O2/c10-3-8-6-12(9(13)14-8)5-7-1-2-11-4-7/h7-8,11H,1-6,10H2/t7?,8-/m0/s1. The molecule has 2 saturated heterocycles. The van der Waals surface area contributed by atoms with Crippen molar-refractivity contribution in [1.29, 1.82) is 0 Å². The molecule has 2 fully saturated rings. The zero-order valence-electron chi connectivity index (χ0n) is 8.24. The molecule has 0 aromatic carbocycles. The smallest absolute Gasteiger partial charge is 0.410 e. The second-order valence-electron chi connectivity index (χ2n) is 4.01. The van der Waals surface area contributed by atoms with Gasteiger partial charge in [-0.3, -0.25) is 0 Å².